The molecule has 16 heavy (non-hydrogen) atoms. The Kier molecular flexibility index (Phi) is 5.34. The average Bonchev–Trinajstić information content (AvgIpc) is 2.29. The van der Waals surface area contributed by atoms with Crippen molar-refractivity contribution >= 4 is 21.6 Å². The highest BCUT2D eigenvalue weighted by Crippen LogP contribution is 2.24. The van der Waals surface area contributed by atoms with Crippen molar-refractivity contribution in [2.75, 3.05) is 5.32 Å². The Morgan fingerprint density at radius 1 is 1.50 bits per heavy atom. The predicted molar refractivity (Wildman–Crippen MR) is 71.5 cm³/mol. The highest BCUT2D eigenvalue weighted by atomic mass is 79.9. The van der Waals surface area contributed by atoms with Crippen molar-refractivity contribution in [2.45, 2.75) is 39.2 Å². The van der Waals surface area contributed by atoms with Crippen molar-refractivity contribution in [3.8, 4) is 6.07 Å². The molecule has 1 aromatic carbocycles. The molecule has 1 N–H and O–H groups in total. The molecule has 0 aliphatic heterocycles. The number of hydrogen-bond donors (Lipinski definition) is 1. The van der Waals surface area contributed by atoms with Crippen molar-refractivity contribution in [3.63, 3.8) is 0 Å². The summed E-state index contributed by atoms with van der Waals surface area (Å²) >= 11 is 3.47. The molecule has 1 unspecified atom stereocenters. The fourth-order valence-electron chi connectivity index (χ4n) is 1.55. The van der Waals surface area contributed by atoms with E-state index in [0.29, 0.717) is 11.6 Å². The average molecular weight is 281 g/mol. The van der Waals surface area contributed by atoms with Gasteiger partial charge in [-0.25, -0.2) is 0 Å². The first-order valence-electron chi connectivity index (χ1n) is 5.63. The zero-order chi connectivity index (χ0) is 12.0. The minimum Gasteiger partial charge on any atom is -0.382 e. The van der Waals surface area contributed by atoms with E-state index in [1.165, 1.54) is 19.3 Å². The molecular formula is C13H17BrN2. The van der Waals surface area contributed by atoms with E-state index in [1.807, 2.05) is 18.2 Å². The van der Waals surface area contributed by atoms with Crippen LogP contribution in [-0.2, 0) is 0 Å². The maximum atomic E-state index is 8.76. The smallest absolute Gasteiger partial charge is 0.0992 e. The summed E-state index contributed by atoms with van der Waals surface area (Å²) in [4.78, 5) is 0. The first-order valence-corrected chi connectivity index (χ1v) is 6.43. The second kappa shape index (κ2) is 6.55. The van der Waals surface area contributed by atoms with Gasteiger partial charge in [0.2, 0.25) is 0 Å². The van der Waals surface area contributed by atoms with Gasteiger partial charge in [0.15, 0.2) is 0 Å². The van der Waals surface area contributed by atoms with E-state index >= 15 is 0 Å². The van der Waals surface area contributed by atoms with Gasteiger partial charge in [-0.2, -0.15) is 5.26 Å². The molecule has 0 spiro atoms. The molecule has 0 saturated heterocycles. The molecule has 0 fully saturated rings. The first kappa shape index (κ1) is 13.1. The largest absolute Gasteiger partial charge is 0.382 e. The number of anilines is 1. The van der Waals surface area contributed by atoms with E-state index in [4.69, 9.17) is 5.26 Å². The van der Waals surface area contributed by atoms with Crippen molar-refractivity contribution in [1.29, 1.82) is 5.26 Å². The second-order valence-electron chi connectivity index (χ2n) is 3.99. The Labute approximate surface area is 106 Å². The van der Waals surface area contributed by atoms with E-state index < -0.39 is 0 Å². The molecule has 2 nitrogen and oxygen atoms in total. The summed E-state index contributed by atoms with van der Waals surface area (Å²) in [5.41, 5.74) is 1.74. The van der Waals surface area contributed by atoms with E-state index in [2.05, 4.69) is 41.2 Å². The molecule has 1 rings (SSSR count). The quantitative estimate of drug-likeness (QED) is 0.872. The Morgan fingerprint density at radius 2 is 2.25 bits per heavy atom. The van der Waals surface area contributed by atoms with Gasteiger partial charge in [0.25, 0.3) is 0 Å². The molecule has 0 amide bonds. The number of hydrogen-bond acceptors (Lipinski definition) is 2. The number of halogens is 1. The molecule has 0 aliphatic carbocycles. The van der Waals surface area contributed by atoms with E-state index in [-0.39, 0.29) is 0 Å². The van der Waals surface area contributed by atoms with Gasteiger partial charge in [-0.15, -0.1) is 0 Å². The first-order chi connectivity index (χ1) is 7.67. The fourth-order valence-corrected chi connectivity index (χ4v) is 2.04. The Bertz CT molecular complexity index is 382. The van der Waals surface area contributed by atoms with Crippen molar-refractivity contribution < 1.29 is 0 Å². The topological polar surface area (TPSA) is 35.8 Å². The predicted octanol–water partition coefficient (Wildman–Crippen LogP) is 4.31. The Hall–Kier alpha value is -1.01. The van der Waals surface area contributed by atoms with Crippen LogP contribution in [0.2, 0.25) is 0 Å². The summed E-state index contributed by atoms with van der Waals surface area (Å²) in [6.07, 6.45) is 3.63. The van der Waals surface area contributed by atoms with Crippen LogP contribution in [0, 0.1) is 11.3 Å². The number of nitrogens with zero attached hydrogens (tertiary/aromatic N) is 1. The zero-order valence-electron chi connectivity index (χ0n) is 9.76. The number of nitriles is 1. The van der Waals surface area contributed by atoms with Crippen LogP contribution in [0.3, 0.4) is 0 Å². The molecule has 0 aliphatic rings. The van der Waals surface area contributed by atoms with Crippen LogP contribution in [0.5, 0.6) is 0 Å². The van der Waals surface area contributed by atoms with Gasteiger partial charge in [-0.3, -0.25) is 0 Å². The minimum atomic E-state index is 0.462. The molecule has 0 radical (unpaired) electrons. The van der Waals surface area contributed by atoms with Gasteiger partial charge in [-0.1, -0.05) is 19.8 Å². The molecule has 0 saturated carbocycles. The van der Waals surface area contributed by atoms with Gasteiger partial charge in [-0.05, 0) is 47.5 Å². The van der Waals surface area contributed by atoms with E-state index in [1.54, 1.807) is 0 Å². The standard InChI is InChI=1S/C13H17BrN2/c1-3-4-5-10(2)16-13-7-6-11(9-15)8-12(13)14/h6-8,10,16H,3-5H2,1-2H3. The lowest BCUT2D eigenvalue weighted by molar-refractivity contribution is 0.645. The minimum absolute atomic E-state index is 0.462. The van der Waals surface area contributed by atoms with Crippen LogP contribution in [0.4, 0.5) is 5.69 Å². The molecule has 0 bridgehead atoms. The van der Waals surface area contributed by atoms with Crippen LogP contribution < -0.4 is 5.32 Å². The molecule has 86 valence electrons. The van der Waals surface area contributed by atoms with Crippen molar-refractivity contribution in [1.82, 2.24) is 0 Å². The van der Waals surface area contributed by atoms with Crippen LogP contribution in [0.1, 0.15) is 38.7 Å². The Morgan fingerprint density at radius 3 is 2.81 bits per heavy atom. The second-order valence-corrected chi connectivity index (χ2v) is 4.85. The SMILES string of the molecule is CCCCC(C)Nc1ccc(C#N)cc1Br. The fraction of sp³-hybridized carbons (Fsp3) is 0.462. The van der Waals surface area contributed by atoms with Crippen LogP contribution in [-0.4, -0.2) is 6.04 Å². The van der Waals surface area contributed by atoms with Crippen molar-refractivity contribution in [3.05, 3.63) is 28.2 Å². The maximum Gasteiger partial charge on any atom is 0.0992 e. The van der Waals surface area contributed by atoms with Crippen LogP contribution in [0.25, 0.3) is 0 Å². The number of benzene rings is 1. The third-order valence-corrected chi connectivity index (χ3v) is 3.15. The molecule has 0 heterocycles. The summed E-state index contributed by atoms with van der Waals surface area (Å²) in [6.45, 7) is 4.38. The van der Waals surface area contributed by atoms with Gasteiger partial charge < -0.3 is 5.32 Å². The third-order valence-electron chi connectivity index (χ3n) is 2.49. The lowest BCUT2D eigenvalue weighted by atomic mass is 10.1. The lowest BCUT2D eigenvalue weighted by Crippen LogP contribution is -2.15. The summed E-state index contributed by atoms with van der Waals surface area (Å²) in [5, 5.41) is 12.2. The van der Waals surface area contributed by atoms with Crippen LogP contribution in [0.15, 0.2) is 22.7 Å². The lowest BCUT2D eigenvalue weighted by Gasteiger charge is -2.16. The summed E-state index contributed by atoms with van der Waals surface area (Å²) < 4.78 is 0.954. The van der Waals surface area contributed by atoms with Gasteiger partial charge in [0.1, 0.15) is 0 Å². The van der Waals surface area contributed by atoms with Gasteiger partial charge in [0.05, 0.1) is 11.6 Å². The number of unbranched alkanes of at least 4 members (excludes halogenated alkanes) is 1. The van der Waals surface area contributed by atoms with E-state index in [0.717, 1.165) is 10.2 Å². The molecule has 1 aromatic rings. The molecule has 3 heteroatoms. The number of nitrogens with one attached hydrogen (secondary N) is 1. The summed E-state index contributed by atoms with van der Waals surface area (Å²) in [6, 6.07) is 8.21. The van der Waals surface area contributed by atoms with Crippen LogP contribution >= 0.6 is 15.9 Å². The maximum absolute atomic E-state index is 8.76. The third kappa shape index (κ3) is 3.86. The Balaban J connectivity index is 2.64. The molecular weight excluding hydrogens is 264 g/mol. The van der Waals surface area contributed by atoms with Gasteiger partial charge >= 0.3 is 0 Å². The summed E-state index contributed by atoms with van der Waals surface area (Å²) in [5.74, 6) is 0. The molecule has 1 atom stereocenters. The zero-order valence-corrected chi connectivity index (χ0v) is 11.3. The monoisotopic (exact) mass is 280 g/mol. The number of rotatable bonds is 5. The van der Waals surface area contributed by atoms with Crippen molar-refractivity contribution in [2.24, 2.45) is 0 Å². The van der Waals surface area contributed by atoms with E-state index in [9.17, 15) is 0 Å². The summed E-state index contributed by atoms with van der Waals surface area (Å²) in [7, 11) is 0. The highest BCUT2D eigenvalue weighted by molar-refractivity contribution is 9.10. The van der Waals surface area contributed by atoms with Gasteiger partial charge in [0, 0.05) is 16.2 Å². The normalized spacial score (nSPS) is 11.9. The highest BCUT2D eigenvalue weighted by Gasteiger charge is 2.05. The molecule has 0 aromatic heterocycles.